The van der Waals surface area contributed by atoms with Crippen LogP contribution in [0, 0.1) is 0 Å². The topological polar surface area (TPSA) is 75.2 Å². The first-order valence-electron chi connectivity index (χ1n) is 6.68. The van der Waals surface area contributed by atoms with E-state index < -0.39 is 5.97 Å². The van der Waals surface area contributed by atoms with Crippen molar-refractivity contribution in [2.75, 3.05) is 6.61 Å². The molecule has 0 unspecified atom stereocenters. The lowest BCUT2D eigenvalue weighted by Crippen LogP contribution is -1.97. The maximum absolute atomic E-state index is 10.5. The molecule has 0 radical (unpaired) electrons. The van der Waals surface area contributed by atoms with Gasteiger partial charge in [-0.3, -0.25) is 4.79 Å². The molecule has 0 aliphatic carbocycles. The van der Waals surface area contributed by atoms with Crippen molar-refractivity contribution in [3.63, 3.8) is 0 Å². The summed E-state index contributed by atoms with van der Waals surface area (Å²) >= 11 is 0. The zero-order chi connectivity index (χ0) is 14.4. The molecule has 0 saturated carbocycles. The van der Waals surface area contributed by atoms with Crippen molar-refractivity contribution < 1.29 is 14.6 Å². The zero-order valence-electron chi connectivity index (χ0n) is 11.4. The summed E-state index contributed by atoms with van der Waals surface area (Å²) in [5.41, 5.74) is 1.75. The number of carbonyl (C=O) groups is 1. The van der Waals surface area contributed by atoms with Gasteiger partial charge in [-0.2, -0.15) is 0 Å². The van der Waals surface area contributed by atoms with Crippen molar-refractivity contribution in [3.05, 3.63) is 36.2 Å². The predicted octanol–water partition coefficient (Wildman–Crippen LogP) is 2.88. The number of aromatic amines is 1. The summed E-state index contributed by atoms with van der Waals surface area (Å²) in [7, 11) is 0. The summed E-state index contributed by atoms with van der Waals surface area (Å²) < 4.78 is 5.58. The molecule has 0 aliphatic rings. The number of hydrogen-bond donors (Lipinski definition) is 2. The minimum atomic E-state index is -0.809. The quantitative estimate of drug-likeness (QED) is 0.814. The highest BCUT2D eigenvalue weighted by Gasteiger charge is 2.06. The van der Waals surface area contributed by atoms with Gasteiger partial charge in [0.2, 0.25) is 0 Å². The van der Waals surface area contributed by atoms with Crippen molar-refractivity contribution in [3.8, 4) is 17.1 Å². The summed E-state index contributed by atoms with van der Waals surface area (Å²) in [6, 6.07) is 7.70. The number of ether oxygens (including phenoxy) is 1. The second kappa shape index (κ2) is 6.75. The molecule has 0 bridgehead atoms. The largest absolute Gasteiger partial charge is 0.494 e. The van der Waals surface area contributed by atoms with Crippen LogP contribution in [-0.4, -0.2) is 27.7 Å². The van der Waals surface area contributed by atoms with E-state index in [9.17, 15) is 4.79 Å². The van der Waals surface area contributed by atoms with Crippen LogP contribution in [0.3, 0.4) is 0 Å². The van der Waals surface area contributed by atoms with Crippen molar-refractivity contribution in [2.45, 2.75) is 26.2 Å². The monoisotopic (exact) mass is 274 g/mol. The van der Waals surface area contributed by atoms with Crippen molar-refractivity contribution in [1.29, 1.82) is 0 Å². The Morgan fingerprint density at radius 1 is 1.45 bits per heavy atom. The Bertz CT molecular complexity index is 578. The third-order valence-corrected chi connectivity index (χ3v) is 2.82. The number of rotatable bonds is 7. The summed E-state index contributed by atoms with van der Waals surface area (Å²) in [5.74, 6) is 0.733. The number of imidazole rings is 1. The predicted molar refractivity (Wildman–Crippen MR) is 75.8 cm³/mol. The van der Waals surface area contributed by atoms with Gasteiger partial charge in [-0.15, -0.1) is 0 Å². The number of nitrogens with zero attached hydrogens (tertiary/aromatic N) is 1. The number of hydrogen-bond acceptors (Lipinski definition) is 3. The Hall–Kier alpha value is -2.30. The van der Waals surface area contributed by atoms with Crippen LogP contribution in [0.5, 0.6) is 5.75 Å². The number of aryl methyl sites for hydroxylation is 1. The van der Waals surface area contributed by atoms with Gasteiger partial charge in [0.15, 0.2) is 0 Å². The molecule has 1 aromatic heterocycles. The van der Waals surface area contributed by atoms with E-state index in [1.807, 2.05) is 24.3 Å². The molecule has 106 valence electrons. The third-order valence-electron chi connectivity index (χ3n) is 2.82. The Balaban J connectivity index is 2.09. The summed E-state index contributed by atoms with van der Waals surface area (Å²) in [6.07, 6.45) is 3.19. The van der Waals surface area contributed by atoms with E-state index in [1.165, 1.54) is 0 Å². The lowest BCUT2D eigenvalue weighted by Gasteiger charge is -2.05. The Kier molecular flexibility index (Phi) is 4.76. The second-order valence-corrected chi connectivity index (χ2v) is 4.53. The number of nitrogens with one attached hydrogen (secondary N) is 1. The lowest BCUT2D eigenvalue weighted by molar-refractivity contribution is -0.136. The van der Waals surface area contributed by atoms with Crippen LogP contribution in [0.4, 0.5) is 0 Å². The first-order valence-corrected chi connectivity index (χ1v) is 6.68. The van der Waals surface area contributed by atoms with Gasteiger partial charge in [-0.1, -0.05) is 19.1 Å². The highest BCUT2D eigenvalue weighted by Crippen LogP contribution is 2.21. The van der Waals surface area contributed by atoms with Gasteiger partial charge in [0, 0.05) is 17.5 Å². The summed E-state index contributed by atoms with van der Waals surface area (Å²) in [5, 5.41) is 8.67. The second-order valence-electron chi connectivity index (χ2n) is 4.53. The van der Waals surface area contributed by atoms with Crippen LogP contribution in [0.25, 0.3) is 11.4 Å². The average Bonchev–Trinajstić information content (AvgIpc) is 2.92. The summed E-state index contributed by atoms with van der Waals surface area (Å²) in [4.78, 5) is 18.0. The molecule has 1 aromatic carbocycles. The maximum Gasteiger partial charge on any atom is 0.303 e. The molecule has 20 heavy (non-hydrogen) atoms. The van der Waals surface area contributed by atoms with Gasteiger partial charge in [-0.25, -0.2) is 4.98 Å². The van der Waals surface area contributed by atoms with E-state index in [0.717, 1.165) is 29.3 Å². The fourth-order valence-electron chi connectivity index (χ4n) is 1.83. The fraction of sp³-hybridized carbons (Fsp3) is 0.333. The number of H-pyrrole nitrogens is 1. The maximum atomic E-state index is 10.5. The van der Waals surface area contributed by atoms with Gasteiger partial charge in [0.1, 0.15) is 11.6 Å². The van der Waals surface area contributed by atoms with Crippen LogP contribution in [-0.2, 0) is 11.2 Å². The van der Waals surface area contributed by atoms with Crippen LogP contribution in [0.2, 0.25) is 0 Å². The number of aromatic nitrogens is 2. The van der Waals surface area contributed by atoms with Crippen LogP contribution in [0.1, 0.15) is 25.5 Å². The third kappa shape index (κ3) is 3.85. The minimum absolute atomic E-state index is 0.0985. The van der Waals surface area contributed by atoms with E-state index in [1.54, 1.807) is 6.20 Å². The molecule has 2 rings (SSSR count). The smallest absolute Gasteiger partial charge is 0.303 e. The number of benzene rings is 1. The Morgan fingerprint density at radius 2 is 2.30 bits per heavy atom. The molecule has 2 aromatic rings. The molecular weight excluding hydrogens is 256 g/mol. The van der Waals surface area contributed by atoms with E-state index >= 15 is 0 Å². The first-order chi connectivity index (χ1) is 9.69. The molecule has 0 amide bonds. The molecule has 0 aliphatic heterocycles. The molecule has 2 N–H and O–H groups in total. The fourth-order valence-corrected chi connectivity index (χ4v) is 1.83. The van der Waals surface area contributed by atoms with Gasteiger partial charge in [0.05, 0.1) is 13.0 Å². The normalized spacial score (nSPS) is 10.4. The van der Waals surface area contributed by atoms with Gasteiger partial charge in [-0.05, 0) is 25.0 Å². The molecule has 1 heterocycles. The van der Waals surface area contributed by atoms with Crippen molar-refractivity contribution in [2.24, 2.45) is 0 Å². The minimum Gasteiger partial charge on any atom is -0.494 e. The molecule has 0 atom stereocenters. The van der Waals surface area contributed by atoms with Crippen LogP contribution >= 0.6 is 0 Å². The molecule has 5 nitrogen and oxygen atoms in total. The van der Waals surface area contributed by atoms with Gasteiger partial charge in [0.25, 0.3) is 0 Å². The molecule has 0 saturated heterocycles. The number of carboxylic acid groups (broad SMARTS) is 1. The first kappa shape index (κ1) is 14.1. The van der Waals surface area contributed by atoms with Crippen LogP contribution < -0.4 is 4.74 Å². The van der Waals surface area contributed by atoms with E-state index in [0.29, 0.717) is 13.0 Å². The van der Waals surface area contributed by atoms with Crippen LogP contribution in [0.15, 0.2) is 30.5 Å². The molecule has 0 spiro atoms. The lowest BCUT2D eigenvalue weighted by atomic mass is 10.2. The van der Waals surface area contributed by atoms with Gasteiger partial charge < -0.3 is 14.8 Å². The highest BCUT2D eigenvalue weighted by molar-refractivity contribution is 5.67. The number of carboxylic acids is 1. The summed E-state index contributed by atoms with van der Waals surface area (Å²) in [6.45, 7) is 2.75. The van der Waals surface area contributed by atoms with E-state index in [2.05, 4.69) is 16.9 Å². The van der Waals surface area contributed by atoms with E-state index in [-0.39, 0.29) is 6.42 Å². The SMILES string of the molecule is CCCOc1cccc(-c2ncc(CCC(=O)O)[nH]2)c1. The zero-order valence-corrected chi connectivity index (χ0v) is 11.4. The van der Waals surface area contributed by atoms with Crippen molar-refractivity contribution >= 4 is 5.97 Å². The van der Waals surface area contributed by atoms with Gasteiger partial charge >= 0.3 is 5.97 Å². The number of aliphatic carboxylic acids is 1. The Labute approximate surface area is 117 Å². The molecule has 0 fully saturated rings. The van der Waals surface area contributed by atoms with E-state index in [4.69, 9.17) is 9.84 Å². The van der Waals surface area contributed by atoms with Crippen molar-refractivity contribution in [1.82, 2.24) is 9.97 Å². The molecule has 5 heteroatoms. The highest BCUT2D eigenvalue weighted by atomic mass is 16.5. The Morgan fingerprint density at radius 3 is 3.05 bits per heavy atom. The average molecular weight is 274 g/mol. The standard InChI is InChI=1S/C15H18N2O3/c1-2-8-20-13-5-3-4-11(9-13)15-16-10-12(17-15)6-7-14(18)19/h3-5,9-10H,2,6-8H2,1H3,(H,16,17)(H,18,19). The molecular formula is C15H18N2O3.